The van der Waals surface area contributed by atoms with Gasteiger partial charge in [-0.1, -0.05) is 25.0 Å². The summed E-state index contributed by atoms with van der Waals surface area (Å²) in [6.45, 7) is 1.59. The van der Waals surface area contributed by atoms with Crippen LogP contribution in [-0.4, -0.2) is 40.9 Å². The lowest BCUT2D eigenvalue weighted by molar-refractivity contribution is -0.146. The number of carbonyl (C=O) groups excluding carboxylic acids is 2. The highest BCUT2D eigenvalue weighted by Gasteiger charge is 2.51. The average molecular weight is 382 g/mol. The Balaban J connectivity index is 1.42. The van der Waals surface area contributed by atoms with E-state index in [1.54, 1.807) is 24.3 Å². The van der Waals surface area contributed by atoms with Crippen molar-refractivity contribution < 1.29 is 19.5 Å². The van der Waals surface area contributed by atoms with E-state index in [1.165, 1.54) is 12.8 Å². The van der Waals surface area contributed by atoms with Gasteiger partial charge in [-0.25, -0.2) is 0 Å². The molecule has 1 aliphatic heterocycles. The molecule has 4 atom stereocenters. The molecule has 2 bridgehead atoms. The van der Waals surface area contributed by atoms with Crippen LogP contribution < -0.4 is 5.32 Å². The number of nitrogens with zero attached hydrogens (tertiary/aromatic N) is 1. The second-order valence-electron chi connectivity index (χ2n) is 8.11. The molecule has 1 saturated carbocycles. The summed E-state index contributed by atoms with van der Waals surface area (Å²) in [5, 5.41) is 12.4. The molecular formula is C22H26N2O4. The van der Waals surface area contributed by atoms with Crippen LogP contribution in [0.5, 0.6) is 0 Å². The highest BCUT2D eigenvalue weighted by Crippen LogP contribution is 2.48. The van der Waals surface area contributed by atoms with E-state index in [4.69, 9.17) is 0 Å². The van der Waals surface area contributed by atoms with Gasteiger partial charge in [-0.3, -0.25) is 14.4 Å². The summed E-state index contributed by atoms with van der Waals surface area (Å²) in [5.41, 5.74) is 1.21. The number of amides is 2. The number of allylic oxidation sites excluding steroid dienone is 2. The molecule has 1 heterocycles. The molecule has 4 rings (SSSR count). The fourth-order valence-electron chi connectivity index (χ4n) is 4.89. The zero-order chi connectivity index (χ0) is 19.7. The fourth-order valence-corrected chi connectivity index (χ4v) is 4.89. The van der Waals surface area contributed by atoms with Gasteiger partial charge in [0.1, 0.15) is 0 Å². The monoisotopic (exact) mass is 382 g/mol. The number of nitrogens with one attached hydrogen (secondary N) is 1. The van der Waals surface area contributed by atoms with Gasteiger partial charge >= 0.3 is 5.97 Å². The largest absolute Gasteiger partial charge is 0.481 e. The van der Waals surface area contributed by atoms with Crippen LogP contribution in [0.2, 0.25) is 0 Å². The van der Waals surface area contributed by atoms with Gasteiger partial charge < -0.3 is 15.3 Å². The smallest absolute Gasteiger partial charge is 0.307 e. The molecule has 2 fully saturated rings. The van der Waals surface area contributed by atoms with Gasteiger partial charge in [-0.15, -0.1) is 0 Å². The molecule has 28 heavy (non-hydrogen) atoms. The summed E-state index contributed by atoms with van der Waals surface area (Å²) >= 11 is 0. The Morgan fingerprint density at radius 1 is 0.893 bits per heavy atom. The third-order valence-corrected chi connectivity index (χ3v) is 6.34. The van der Waals surface area contributed by atoms with Crippen LogP contribution in [0.4, 0.5) is 5.69 Å². The maximum absolute atomic E-state index is 12.7. The van der Waals surface area contributed by atoms with E-state index in [9.17, 15) is 19.5 Å². The summed E-state index contributed by atoms with van der Waals surface area (Å²) in [7, 11) is 0. The number of likely N-dealkylation sites (tertiary alicyclic amines) is 1. The number of hydrogen-bond donors (Lipinski definition) is 2. The second kappa shape index (κ2) is 7.78. The van der Waals surface area contributed by atoms with Crippen molar-refractivity contribution in [3.05, 3.63) is 42.0 Å². The lowest BCUT2D eigenvalue weighted by atomic mass is 9.82. The number of benzene rings is 1. The third kappa shape index (κ3) is 3.55. The lowest BCUT2D eigenvalue weighted by Crippen LogP contribution is -2.36. The molecule has 6 nitrogen and oxygen atoms in total. The van der Waals surface area contributed by atoms with Gasteiger partial charge in [0.25, 0.3) is 5.91 Å². The SMILES string of the molecule is O=C(O)C1C2C=CC(C2)C1C(=O)Nc1ccc(C(=O)N2CCCCCC2)cc1. The molecule has 4 unspecified atom stereocenters. The van der Waals surface area contributed by atoms with Crippen molar-refractivity contribution in [3.63, 3.8) is 0 Å². The molecule has 2 amide bonds. The normalized spacial score (nSPS) is 28.8. The summed E-state index contributed by atoms with van der Waals surface area (Å²) < 4.78 is 0. The molecule has 3 aliphatic rings. The van der Waals surface area contributed by atoms with E-state index in [-0.39, 0.29) is 23.7 Å². The van der Waals surface area contributed by atoms with Crippen LogP contribution in [0.25, 0.3) is 0 Å². The number of anilines is 1. The van der Waals surface area contributed by atoms with Gasteiger partial charge in [-0.05, 0) is 55.4 Å². The summed E-state index contributed by atoms with van der Waals surface area (Å²) in [6.07, 6.45) is 9.06. The lowest BCUT2D eigenvalue weighted by Gasteiger charge is -2.24. The number of carboxylic acids is 1. The summed E-state index contributed by atoms with van der Waals surface area (Å²) in [5.74, 6) is -2.37. The van der Waals surface area contributed by atoms with Gasteiger partial charge in [0, 0.05) is 24.3 Å². The number of carboxylic acid groups (broad SMARTS) is 1. The molecule has 0 radical (unpaired) electrons. The summed E-state index contributed by atoms with van der Waals surface area (Å²) in [4.78, 5) is 38.9. The predicted molar refractivity (Wildman–Crippen MR) is 105 cm³/mol. The Morgan fingerprint density at radius 3 is 2.11 bits per heavy atom. The minimum atomic E-state index is -0.907. The zero-order valence-corrected chi connectivity index (χ0v) is 15.8. The quantitative estimate of drug-likeness (QED) is 0.783. The minimum absolute atomic E-state index is 0.00464. The molecule has 1 aromatic rings. The van der Waals surface area contributed by atoms with Crippen LogP contribution in [0, 0.1) is 23.7 Å². The molecular weight excluding hydrogens is 356 g/mol. The Labute approximate surface area is 164 Å². The number of carbonyl (C=O) groups is 3. The molecule has 148 valence electrons. The highest BCUT2D eigenvalue weighted by molar-refractivity contribution is 5.98. The fraction of sp³-hybridized carbons (Fsp3) is 0.500. The van der Waals surface area contributed by atoms with Crippen LogP contribution in [0.3, 0.4) is 0 Å². The van der Waals surface area contributed by atoms with Crippen molar-refractivity contribution in [2.75, 3.05) is 18.4 Å². The van der Waals surface area contributed by atoms with E-state index >= 15 is 0 Å². The Morgan fingerprint density at radius 2 is 1.50 bits per heavy atom. The minimum Gasteiger partial charge on any atom is -0.481 e. The van der Waals surface area contributed by atoms with Crippen LogP contribution >= 0.6 is 0 Å². The van der Waals surface area contributed by atoms with Crippen molar-refractivity contribution in [2.24, 2.45) is 23.7 Å². The molecule has 0 spiro atoms. The van der Waals surface area contributed by atoms with E-state index in [2.05, 4.69) is 5.32 Å². The standard InChI is InChI=1S/C22H26N2O4/c25-20(18-15-5-6-16(13-15)19(18)22(27)28)23-17-9-7-14(8-10-17)21(26)24-11-3-1-2-4-12-24/h5-10,15-16,18-19H,1-4,11-13H2,(H,23,25)(H,27,28). The maximum Gasteiger partial charge on any atom is 0.307 e. The zero-order valence-electron chi connectivity index (χ0n) is 15.8. The van der Waals surface area contributed by atoms with Crippen molar-refractivity contribution in [1.29, 1.82) is 0 Å². The maximum atomic E-state index is 12.7. The van der Waals surface area contributed by atoms with Crippen molar-refractivity contribution in [3.8, 4) is 0 Å². The molecule has 2 aliphatic carbocycles. The molecule has 1 saturated heterocycles. The first-order valence-corrected chi connectivity index (χ1v) is 10.2. The number of rotatable bonds is 4. The Bertz CT molecular complexity index is 793. The molecule has 1 aromatic carbocycles. The number of hydrogen-bond acceptors (Lipinski definition) is 3. The van der Waals surface area contributed by atoms with Crippen molar-refractivity contribution >= 4 is 23.5 Å². The van der Waals surface area contributed by atoms with E-state index in [0.29, 0.717) is 11.3 Å². The Kier molecular flexibility index (Phi) is 5.20. The highest BCUT2D eigenvalue weighted by atomic mass is 16.4. The van der Waals surface area contributed by atoms with Gasteiger partial charge in [0.2, 0.25) is 5.91 Å². The first-order chi connectivity index (χ1) is 13.5. The van der Waals surface area contributed by atoms with Crippen LogP contribution in [-0.2, 0) is 9.59 Å². The second-order valence-corrected chi connectivity index (χ2v) is 8.11. The van der Waals surface area contributed by atoms with E-state index in [1.807, 2.05) is 17.1 Å². The van der Waals surface area contributed by atoms with Gasteiger partial charge in [-0.2, -0.15) is 0 Å². The topological polar surface area (TPSA) is 86.7 Å². The first kappa shape index (κ1) is 18.7. The number of aliphatic carboxylic acids is 1. The third-order valence-electron chi connectivity index (χ3n) is 6.34. The number of fused-ring (bicyclic) bond motifs is 2. The molecule has 6 heteroatoms. The van der Waals surface area contributed by atoms with Crippen molar-refractivity contribution in [1.82, 2.24) is 4.90 Å². The molecule has 0 aromatic heterocycles. The summed E-state index contributed by atoms with van der Waals surface area (Å²) in [6, 6.07) is 6.92. The van der Waals surface area contributed by atoms with Crippen LogP contribution in [0.1, 0.15) is 42.5 Å². The Hall–Kier alpha value is -2.63. The predicted octanol–water partition coefficient (Wildman–Crippen LogP) is 3.16. The van der Waals surface area contributed by atoms with E-state index in [0.717, 1.165) is 32.4 Å². The van der Waals surface area contributed by atoms with Gasteiger partial charge in [0.05, 0.1) is 11.8 Å². The van der Waals surface area contributed by atoms with Crippen molar-refractivity contribution in [2.45, 2.75) is 32.1 Å². The van der Waals surface area contributed by atoms with Crippen LogP contribution in [0.15, 0.2) is 36.4 Å². The van der Waals surface area contributed by atoms with Gasteiger partial charge in [0.15, 0.2) is 0 Å². The average Bonchev–Trinajstić information content (AvgIpc) is 3.20. The molecule has 2 N–H and O–H groups in total. The first-order valence-electron chi connectivity index (χ1n) is 10.2. The van der Waals surface area contributed by atoms with E-state index < -0.39 is 17.8 Å².